The highest BCUT2D eigenvalue weighted by molar-refractivity contribution is 6.02. The van der Waals surface area contributed by atoms with Crippen LogP contribution in [0.2, 0.25) is 0 Å². The molecule has 20 heavy (non-hydrogen) atoms. The molecule has 0 saturated carbocycles. The second-order valence-corrected chi connectivity index (χ2v) is 5.83. The summed E-state index contributed by atoms with van der Waals surface area (Å²) in [6, 6.07) is 8.64. The summed E-state index contributed by atoms with van der Waals surface area (Å²) < 4.78 is 0. The maximum absolute atomic E-state index is 5.01. The van der Waals surface area contributed by atoms with Crippen molar-refractivity contribution in [2.45, 2.75) is 44.9 Å². The maximum atomic E-state index is 5.01. The van der Waals surface area contributed by atoms with Gasteiger partial charge in [-0.1, -0.05) is 37.3 Å². The lowest BCUT2D eigenvalue weighted by Crippen LogP contribution is -2.45. The molecule has 0 N–H and O–H groups in total. The lowest BCUT2D eigenvalue weighted by molar-refractivity contribution is 0.326. The van der Waals surface area contributed by atoms with Gasteiger partial charge < -0.3 is 4.90 Å². The molecule has 0 aromatic heterocycles. The van der Waals surface area contributed by atoms with Crippen LogP contribution in [0.15, 0.2) is 41.4 Å². The second-order valence-electron chi connectivity index (χ2n) is 5.83. The van der Waals surface area contributed by atoms with Crippen LogP contribution in [0.5, 0.6) is 0 Å². The average molecular weight is 268 g/mol. The van der Waals surface area contributed by atoms with E-state index in [1.807, 2.05) is 0 Å². The van der Waals surface area contributed by atoms with Gasteiger partial charge in [0, 0.05) is 13.1 Å². The fraction of sp³-hybridized carbons (Fsp3) is 0.500. The first-order valence-corrected chi connectivity index (χ1v) is 7.89. The molecule has 2 aliphatic rings. The number of likely N-dealkylation sites (tertiary alicyclic amines) is 1. The first-order valence-electron chi connectivity index (χ1n) is 7.89. The van der Waals surface area contributed by atoms with Crippen LogP contribution in [0.1, 0.15) is 45.1 Å². The Kier molecular flexibility index (Phi) is 3.64. The van der Waals surface area contributed by atoms with Gasteiger partial charge in [0.15, 0.2) is 0 Å². The maximum Gasteiger partial charge on any atom is 0.119 e. The molecule has 1 saturated heterocycles. The Morgan fingerprint density at radius 1 is 1.20 bits per heavy atom. The average Bonchev–Trinajstić information content (AvgIpc) is 2.84. The number of para-hydroxylation sites is 1. The number of fused-ring (bicyclic) bond motifs is 1. The Hall–Kier alpha value is -1.57. The Labute approximate surface area is 122 Å². The molecule has 1 unspecified atom stereocenters. The molecule has 0 amide bonds. The van der Waals surface area contributed by atoms with Crippen LogP contribution in [0.3, 0.4) is 0 Å². The number of rotatable bonds is 2. The predicted molar refractivity (Wildman–Crippen MR) is 85.7 cm³/mol. The van der Waals surface area contributed by atoms with E-state index in [-0.39, 0.29) is 5.41 Å². The summed E-state index contributed by atoms with van der Waals surface area (Å²) in [4.78, 5) is 7.53. The zero-order chi connectivity index (χ0) is 14.0. The Morgan fingerprint density at radius 2 is 1.95 bits per heavy atom. The summed E-state index contributed by atoms with van der Waals surface area (Å²) in [7, 11) is 0. The van der Waals surface area contributed by atoms with Crippen molar-refractivity contribution < 1.29 is 0 Å². The Morgan fingerprint density at radius 3 is 2.65 bits per heavy atom. The van der Waals surface area contributed by atoms with E-state index in [1.165, 1.54) is 30.7 Å². The molecule has 106 valence electrons. The standard InChI is InChI=1S/C18H24N2/c1-3-12-18(4-2)15-10-6-7-11-16(15)19-17(18)20-13-8-5-9-14-20/h3,6-7,10-12H,4-5,8-9,13-14H2,1-2H3. The molecule has 2 nitrogen and oxygen atoms in total. The van der Waals surface area contributed by atoms with Gasteiger partial charge in [-0.15, -0.1) is 0 Å². The number of hydrogen-bond acceptors (Lipinski definition) is 2. The molecule has 0 bridgehead atoms. The summed E-state index contributed by atoms with van der Waals surface area (Å²) in [5.74, 6) is 1.28. The van der Waals surface area contributed by atoms with E-state index in [1.54, 1.807) is 0 Å². The van der Waals surface area contributed by atoms with Gasteiger partial charge in [0.2, 0.25) is 0 Å². The third kappa shape index (κ3) is 1.98. The van der Waals surface area contributed by atoms with Crippen molar-refractivity contribution >= 4 is 11.5 Å². The minimum absolute atomic E-state index is 0.0112. The molecule has 1 aromatic rings. The molecular weight excluding hydrogens is 244 g/mol. The summed E-state index contributed by atoms with van der Waals surface area (Å²) in [6.45, 7) is 6.71. The fourth-order valence-electron chi connectivity index (χ4n) is 3.66. The quantitative estimate of drug-likeness (QED) is 0.724. The molecular formula is C18H24N2. The monoisotopic (exact) mass is 268 g/mol. The number of hydrogen-bond donors (Lipinski definition) is 0. The first kappa shape index (κ1) is 13.4. The number of allylic oxidation sites excluding steroid dienone is 1. The largest absolute Gasteiger partial charge is 0.359 e. The molecule has 0 radical (unpaired) electrons. The second kappa shape index (κ2) is 5.43. The van der Waals surface area contributed by atoms with Gasteiger partial charge in [0.05, 0.1) is 11.1 Å². The van der Waals surface area contributed by atoms with E-state index in [2.05, 4.69) is 55.2 Å². The highest BCUT2D eigenvalue weighted by atomic mass is 15.2. The van der Waals surface area contributed by atoms with Crippen molar-refractivity contribution in [1.82, 2.24) is 4.90 Å². The highest BCUT2D eigenvalue weighted by Gasteiger charge is 2.42. The van der Waals surface area contributed by atoms with Crippen LogP contribution >= 0.6 is 0 Å². The van der Waals surface area contributed by atoms with Crippen LogP contribution in [-0.2, 0) is 5.41 Å². The van der Waals surface area contributed by atoms with Gasteiger partial charge in [-0.05, 0) is 44.2 Å². The third-order valence-corrected chi connectivity index (χ3v) is 4.67. The van der Waals surface area contributed by atoms with Crippen molar-refractivity contribution in [2.75, 3.05) is 13.1 Å². The molecule has 1 atom stereocenters. The SMILES string of the molecule is CC=CC1(CC)C(N2CCCCC2)=Nc2ccccc21. The van der Waals surface area contributed by atoms with E-state index >= 15 is 0 Å². The van der Waals surface area contributed by atoms with Crippen LogP contribution < -0.4 is 0 Å². The van der Waals surface area contributed by atoms with Gasteiger partial charge in [0.25, 0.3) is 0 Å². The minimum atomic E-state index is -0.0112. The van der Waals surface area contributed by atoms with Crippen molar-refractivity contribution in [3.8, 4) is 0 Å². The molecule has 3 rings (SSSR count). The van der Waals surface area contributed by atoms with Crippen LogP contribution in [0.25, 0.3) is 0 Å². The smallest absolute Gasteiger partial charge is 0.119 e. The van der Waals surface area contributed by atoms with Gasteiger partial charge in [0.1, 0.15) is 5.84 Å². The minimum Gasteiger partial charge on any atom is -0.359 e. The lowest BCUT2D eigenvalue weighted by atomic mass is 9.77. The van der Waals surface area contributed by atoms with Crippen molar-refractivity contribution in [1.29, 1.82) is 0 Å². The summed E-state index contributed by atoms with van der Waals surface area (Å²) in [5, 5.41) is 0. The number of benzene rings is 1. The Balaban J connectivity index is 2.08. The van der Waals surface area contributed by atoms with E-state index in [0.717, 1.165) is 25.2 Å². The molecule has 0 spiro atoms. The molecule has 2 heterocycles. The number of amidine groups is 1. The van der Waals surface area contributed by atoms with E-state index in [0.29, 0.717) is 0 Å². The summed E-state index contributed by atoms with van der Waals surface area (Å²) in [5.41, 5.74) is 2.53. The zero-order valence-electron chi connectivity index (χ0n) is 12.6. The predicted octanol–water partition coefficient (Wildman–Crippen LogP) is 4.44. The van der Waals surface area contributed by atoms with Crippen molar-refractivity contribution in [3.63, 3.8) is 0 Å². The van der Waals surface area contributed by atoms with Crippen LogP contribution in [-0.4, -0.2) is 23.8 Å². The molecule has 2 heteroatoms. The number of piperidine rings is 1. The Bertz CT molecular complexity index is 538. The molecule has 0 aliphatic carbocycles. The lowest BCUT2D eigenvalue weighted by Gasteiger charge is -2.37. The van der Waals surface area contributed by atoms with Gasteiger partial charge in [-0.2, -0.15) is 0 Å². The normalized spacial score (nSPS) is 25.9. The molecule has 1 aromatic carbocycles. The van der Waals surface area contributed by atoms with Crippen molar-refractivity contribution in [3.05, 3.63) is 42.0 Å². The summed E-state index contributed by atoms with van der Waals surface area (Å²) in [6.07, 6.45) is 9.57. The van der Waals surface area contributed by atoms with Gasteiger partial charge in [-0.3, -0.25) is 0 Å². The number of aliphatic imine (C=N–C) groups is 1. The van der Waals surface area contributed by atoms with Gasteiger partial charge >= 0.3 is 0 Å². The van der Waals surface area contributed by atoms with E-state index < -0.39 is 0 Å². The topological polar surface area (TPSA) is 15.6 Å². The zero-order valence-corrected chi connectivity index (χ0v) is 12.6. The van der Waals surface area contributed by atoms with E-state index in [4.69, 9.17) is 4.99 Å². The fourth-order valence-corrected chi connectivity index (χ4v) is 3.66. The van der Waals surface area contributed by atoms with Crippen LogP contribution in [0.4, 0.5) is 5.69 Å². The molecule has 1 fully saturated rings. The van der Waals surface area contributed by atoms with Crippen LogP contribution in [0, 0.1) is 0 Å². The van der Waals surface area contributed by atoms with Gasteiger partial charge in [-0.25, -0.2) is 4.99 Å². The highest BCUT2D eigenvalue weighted by Crippen LogP contribution is 2.44. The first-order chi connectivity index (χ1) is 9.81. The summed E-state index contributed by atoms with van der Waals surface area (Å²) >= 11 is 0. The number of nitrogens with zero attached hydrogens (tertiary/aromatic N) is 2. The third-order valence-electron chi connectivity index (χ3n) is 4.67. The van der Waals surface area contributed by atoms with E-state index in [9.17, 15) is 0 Å². The van der Waals surface area contributed by atoms with Crippen molar-refractivity contribution in [2.24, 2.45) is 4.99 Å². The molecule has 2 aliphatic heterocycles.